The third-order valence-electron chi connectivity index (χ3n) is 6.08. The van der Waals surface area contributed by atoms with E-state index in [1.54, 1.807) is 12.1 Å². The van der Waals surface area contributed by atoms with Gasteiger partial charge >= 0.3 is 0 Å². The van der Waals surface area contributed by atoms with E-state index in [0.29, 0.717) is 19.5 Å². The molecule has 1 atom stereocenters. The minimum Gasteiger partial charge on any atom is -0.496 e. The molecule has 5 nitrogen and oxygen atoms in total. The van der Waals surface area contributed by atoms with Crippen LogP contribution in [0.4, 0.5) is 0 Å². The Labute approximate surface area is 196 Å². The van der Waals surface area contributed by atoms with E-state index in [1.807, 2.05) is 54.4 Å². The molecule has 0 saturated heterocycles. The van der Waals surface area contributed by atoms with Gasteiger partial charge in [-0.3, -0.25) is 9.69 Å². The Bertz CT molecular complexity index is 1160. The van der Waals surface area contributed by atoms with Gasteiger partial charge in [-0.25, -0.2) is 5.01 Å². The second-order valence-electron chi connectivity index (χ2n) is 8.72. The molecule has 3 aromatic rings. The van der Waals surface area contributed by atoms with Crippen molar-refractivity contribution in [2.45, 2.75) is 32.9 Å². The number of amides is 1. The smallest absolute Gasteiger partial charge is 0.257 e. The van der Waals surface area contributed by atoms with E-state index in [1.165, 1.54) is 11.1 Å². The van der Waals surface area contributed by atoms with E-state index < -0.39 is 0 Å². The van der Waals surface area contributed by atoms with Gasteiger partial charge in [0, 0.05) is 18.5 Å². The number of rotatable bonds is 7. The molecule has 0 aromatic heterocycles. The van der Waals surface area contributed by atoms with Crippen LogP contribution in [0.15, 0.2) is 77.9 Å². The average Bonchev–Trinajstić information content (AvgIpc) is 3.26. The normalized spacial score (nSPS) is 15.6. The van der Waals surface area contributed by atoms with Crippen LogP contribution in [0.1, 0.15) is 40.3 Å². The summed E-state index contributed by atoms with van der Waals surface area (Å²) < 4.78 is 5.58. The van der Waals surface area contributed by atoms with E-state index >= 15 is 0 Å². The Kier molecular flexibility index (Phi) is 6.90. The minimum absolute atomic E-state index is 0.00997. The van der Waals surface area contributed by atoms with Gasteiger partial charge < -0.3 is 4.74 Å². The lowest BCUT2D eigenvalue weighted by atomic mass is 9.93. The summed E-state index contributed by atoms with van der Waals surface area (Å²) >= 11 is 0. The maximum Gasteiger partial charge on any atom is 0.257 e. The summed E-state index contributed by atoms with van der Waals surface area (Å²) in [4.78, 5) is 15.5. The van der Waals surface area contributed by atoms with Crippen molar-refractivity contribution in [3.63, 3.8) is 0 Å². The Morgan fingerprint density at radius 1 is 1.06 bits per heavy atom. The van der Waals surface area contributed by atoms with Crippen LogP contribution in [0.3, 0.4) is 0 Å². The van der Waals surface area contributed by atoms with E-state index in [2.05, 4.69) is 44.2 Å². The molecule has 0 bridgehead atoms. The zero-order chi connectivity index (χ0) is 23.4. The number of likely N-dealkylation sites (N-methyl/N-ethyl adjacent to an activating group) is 1. The standard InChI is InChI=1S/C28H31N3O2/c1-20-14-15-21(2)24(16-20)26-17-25(23-12-8-9-13-27(23)33-4)29-31(26)28(32)19-30(3)18-22-10-6-5-7-11-22/h5-16,26H,17-19H2,1-4H3. The van der Waals surface area contributed by atoms with Crippen molar-refractivity contribution < 1.29 is 9.53 Å². The van der Waals surface area contributed by atoms with E-state index in [-0.39, 0.29) is 11.9 Å². The summed E-state index contributed by atoms with van der Waals surface area (Å²) in [5.74, 6) is 0.760. The monoisotopic (exact) mass is 441 g/mol. The molecule has 1 aliphatic rings. The van der Waals surface area contributed by atoms with Crippen LogP contribution in [-0.4, -0.2) is 42.2 Å². The third-order valence-corrected chi connectivity index (χ3v) is 6.08. The third kappa shape index (κ3) is 5.15. The molecule has 4 rings (SSSR count). The van der Waals surface area contributed by atoms with Gasteiger partial charge in [0.2, 0.25) is 0 Å². The second kappa shape index (κ2) is 10.0. The molecule has 0 N–H and O–H groups in total. The van der Waals surface area contributed by atoms with E-state index in [4.69, 9.17) is 9.84 Å². The van der Waals surface area contributed by atoms with Gasteiger partial charge in [-0.05, 0) is 49.7 Å². The number of benzene rings is 3. The summed E-state index contributed by atoms with van der Waals surface area (Å²) in [6, 6.07) is 24.3. The molecule has 0 fully saturated rings. The summed E-state index contributed by atoms with van der Waals surface area (Å²) in [6.07, 6.45) is 0.652. The van der Waals surface area contributed by atoms with Crippen molar-refractivity contribution in [1.29, 1.82) is 0 Å². The van der Waals surface area contributed by atoms with Gasteiger partial charge in [-0.2, -0.15) is 5.10 Å². The molecule has 1 unspecified atom stereocenters. The van der Waals surface area contributed by atoms with Gasteiger partial charge in [0.25, 0.3) is 5.91 Å². The quantitative estimate of drug-likeness (QED) is 0.511. The molecule has 1 amide bonds. The zero-order valence-electron chi connectivity index (χ0n) is 19.8. The highest BCUT2D eigenvalue weighted by molar-refractivity contribution is 6.05. The molecule has 0 saturated carbocycles. The van der Waals surface area contributed by atoms with Crippen LogP contribution in [-0.2, 0) is 11.3 Å². The van der Waals surface area contributed by atoms with E-state index in [9.17, 15) is 4.79 Å². The van der Waals surface area contributed by atoms with Crippen LogP contribution in [0.2, 0.25) is 0 Å². The number of hydrogen-bond acceptors (Lipinski definition) is 4. The average molecular weight is 442 g/mol. The molecule has 5 heteroatoms. The number of carbonyl (C=O) groups excluding carboxylic acids is 1. The SMILES string of the molecule is COc1ccccc1C1=NN(C(=O)CN(C)Cc2ccccc2)C(c2cc(C)ccc2C)C1. The number of hydrogen-bond donors (Lipinski definition) is 0. The zero-order valence-corrected chi connectivity index (χ0v) is 19.8. The molecular formula is C28H31N3O2. The first-order chi connectivity index (χ1) is 16.0. The fourth-order valence-corrected chi connectivity index (χ4v) is 4.40. The Balaban J connectivity index is 1.63. The highest BCUT2D eigenvalue weighted by atomic mass is 16.5. The summed E-state index contributed by atoms with van der Waals surface area (Å²) in [7, 11) is 3.64. The van der Waals surface area contributed by atoms with Crippen molar-refractivity contribution >= 4 is 11.6 Å². The molecule has 170 valence electrons. The molecule has 1 heterocycles. The maximum atomic E-state index is 13.5. The van der Waals surface area contributed by atoms with E-state index in [0.717, 1.165) is 28.2 Å². The van der Waals surface area contributed by atoms with Gasteiger partial charge in [0.1, 0.15) is 5.75 Å². The first kappa shape index (κ1) is 22.7. The number of aryl methyl sites for hydroxylation is 2. The van der Waals surface area contributed by atoms with Gasteiger partial charge in [-0.1, -0.05) is 66.2 Å². The summed E-state index contributed by atoms with van der Waals surface area (Å²) in [5, 5.41) is 6.53. The number of carbonyl (C=O) groups is 1. The van der Waals surface area contributed by atoms with Gasteiger partial charge in [0.15, 0.2) is 0 Å². The first-order valence-electron chi connectivity index (χ1n) is 11.3. The van der Waals surface area contributed by atoms with Crippen LogP contribution >= 0.6 is 0 Å². The minimum atomic E-state index is -0.137. The van der Waals surface area contributed by atoms with Crippen molar-refractivity contribution in [3.8, 4) is 5.75 Å². The van der Waals surface area contributed by atoms with Crippen molar-refractivity contribution in [2.24, 2.45) is 5.10 Å². The van der Waals surface area contributed by atoms with Gasteiger partial charge in [-0.15, -0.1) is 0 Å². The fourth-order valence-electron chi connectivity index (χ4n) is 4.40. The van der Waals surface area contributed by atoms with Crippen LogP contribution in [0.5, 0.6) is 5.75 Å². The largest absolute Gasteiger partial charge is 0.496 e. The lowest BCUT2D eigenvalue weighted by Crippen LogP contribution is -2.36. The van der Waals surface area contributed by atoms with Crippen molar-refractivity contribution in [2.75, 3.05) is 20.7 Å². The van der Waals surface area contributed by atoms with Gasteiger partial charge in [0.05, 0.1) is 25.4 Å². The Morgan fingerprint density at radius 3 is 2.55 bits per heavy atom. The van der Waals surface area contributed by atoms with Crippen molar-refractivity contribution in [3.05, 3.63) is 101 Å². The first-order valence-corrected chi connectivity index (χ1v) is 11.3. The topological polar surface area (TPSA) is 45.1 Å². The summed E-state index contributed by atoms with van der Waals surface area (Å²) in [5.41, 5.74) is 6.47. The number of hydrazone groups is 1. The Morgan fingerprint density at radius 2 is 1.79 bits per heavy atom. The molecule has 33 heavy (non-hydrogen) atoms. The predicted molar refractivity (Wildman–Crippen MR) is 132 cm³/mol. The number of methoxy groups -OCH3 is 1. The maximum absolute atomic E-state index is 13.5. The highest BCUT2D eigenvalue weighted by Gasteiger charge is 2.35. The lowest BCUT2D eigenvalue weighted by Gasteiger charge is -2.26. The fraction of sp³-hybridized carbons (Fsp3) is 0.286. The second-order valence-corrected chi connectivity index (χ2v) is 8.72. The number of para-hydroxylation sites is 1. The molecular weight excluding hydrogens is 410 g/mol. The van der Waals surface area contributed by atoms with Crippen LogP contribution < -0.4 is 4.74 Å². The molecule has 0 radical (unpaired) electrons. The molecule has 1 aliphatic heterocycles. The number of nitrogens with zero attached hydrogens (tertiary/aromatic N) is 3. The molecule has 0 aliphatic carbocycles. The van der Waals surface area contributed by atoms with Crippen molar-refractivity contribution in [1.82, 2.24) is 9.91 Å². The van der Waals surface area contributed by atoms with Crippen LogP contribution in [0.25, 0.3) is 0 Å². The number of ether oxygens (including phenoxy) is 1. The van der Waals surface area contributed by atoms with Crippen LogP contribution in [0, 0.1) is 13.8 Å². The highest BCUT2D eigenvalue weighted by Crippen LogP contribution is 2.36. The Hall–Kier alpha value is -3.44. The molecule has 0 spiro atoms. The predicted octanol–water partition coefficient (Wildman–Crippen LogP) is 5.12. The summed E-state index contributed by atoms with van der Waals surface area (Å²) in [6.45, 7) is 5.18. The lowest BCUT2D eigenvalue weighted by molar-refractivity contribution is -0.134. The molecule has 3 aromatic carbocycles.